The molecule has 0 saturated carbocycles. The topological polar surface area (TPSA) is 92.5 Å². The zero-order chi connectivity index (χ0) is 18.1. The lowest BCUT2D eigenvalue weighted by atomic mass is 10.0. The van der Waals surface area contributed by atoms with Crippen molar-refractivity contribution in [3.8, 4) is 0 Å². The molecular formula is C14H18F3N3O3S. The smallest absolute Gasteiger partial charge is 0.371 e. The number of hydrogen-bond donors (Lipinski definition) is 2. The molecule has 6 nitrogen and oxygen atoms in total. The van der Waals surface area contributed by atoms with Gasteiger partial charge in [-0.3, -0.25) is 4.79 Å². The van der Waals surface area contributed by atoms with Crippen LogP contribution in [0.15, 0.2) is 23.1 Å². The van der Waals surface area contributed by atoms with E-state index in [0.29, 0.717) is 25.9 Å². The van der Waals surface area contributed by atoms with Crippen molar-refractivity contribution in [2.45, 2.75) is 36.9 Å². The monoisotopic (exact) mass is 365 g/mol. The molecule has 0 spiro atoms. The van der Waals surface area contributed by atoms with Crippen molar-refractivity contribution in [2.75, 3.05) is 18.0 Å². The van der Waals surface area contributed by atoms with Gasteiger partial charge in [0.2, 0.25) is 15.9 Å². The molecule has 0 radical (unpaired) electrons. The number of carbonyl (C=O) groups is 1. The van der Waals surface area contributed by atoms with E-state index in [1.54, 1.807) is 4.90 Å². The lowest BCUT2D eigenvalue weighted by Gasteiger charge is -2.34. The fraction of sp³-hybridized carbons (Fsp3) is 0.500. The first-order valence-electron chi connectivity index (χ1n) is 7.24. The number of nitrogens with two attached hydrogens (primary N) is 1. The van der Waals surface area contributed by atoms with E-state index in [2.05, 4.69) is 5.32 Å². The lowest BCUT2D eigenvalue weighted by Crippen LogP contribution is -2.44. The number of carbonyl (C=O) groups excluding carboxylic acids is 1. The Morgan fingerprint density at radius 2 is 1.88 bits per heavy atom. The predicted octanol–water partition coefficient (Wildman–Crippen LogP) is 1.46. The summed E-state index contributed by atoms with van der Waals surface area (Å²) in [5.41, 5.74) is -0.998. The van der Waals surface area contributed by atoms with Crippen LogP contribution in [0.1, 0.15) is 25.3 Å². The highest BCUT2D eigenvalue weighted by molar-refractivity contribution is 7.89. The van der Waals surface area contributed by atoms with Gasteiger partial charge in [-0.1, -0.05) is 0 Å². The Balaban J connectivity index is 2.26. The second-order valence-electron chi connectivity index (χ2n) is 5.69. The van der Waals surface area contributed by atoms with E-state index in [4.69, 9.17) is 5.14 Å². The van der Waals surface area contributed by atoms with E-state index >= 15 is 0 Å². The number of alkyl halides is 3. The minimum atomic E-state index is -4.83. The van der Waals surface area contributed by atoms with E-state index in [-0.39, 0.29) is 17.6 Å². The van der Waals surface area contributed by atoms with Gasteiger partial charge in [-0.05, 0) is 31.0 Å². The number of piperidine rings is 1. The zero-order valence-corrected chi connectivity index (χ0v) is 13.7. The summed E-state index contributed by atoms with van der Waals surface area (Å²) in [5.74, 6) is -0.148. The van der Waals surface area contributed by atoms with Gasteiger partial charge in [0.1, 0.15) is 0 Å². The van der Waals surface area contributed by atoms with Crippen LogP contribution in [0.5, 0.6) is 0 Å². The van der Waals surface area contributed by atoms with Gasteiger partial charge in [0, 0.05) is 31.7 Å². The average Bonchev–Trinajstić information content (AvgIpc) is 2.45. The molecule has 0 aliphatic carbocycles. The fourth-order valence-electron chi connectivity index (χ4n) is 2.75. The van der Waals surface area contributed by atoms with Gasteiger partial charge in [0.05, 0.1) is 10.5 Å². The van der Waals surface area contributed by atoms with E-state index in [1.165, 1.54) is 13.0 Å². The Bertz CT molecular complexity index is 727. The Morgan fingerprint density at radius 3 is 2.33 bits per heavy atom. The van der Waals surface area contributed by atoms with E-state index in [1.807, 2.05) is 0 Å². The molecule has 0 atom stereocenters. The van der Waals surface area contributed by atoms with Gasteiger partial charge < -0.3 is 10.2 Å². The first-order chi connectivity index (χ1) is 11.0. The third-order valence-corrected chi connectivity index (χ3v) is 4.81. The third kappa shape index (κ3) is 4.38. The SMILES string of the molecule is CC(=O)NC1CCN(c2ccc(S(N)(=O)=O)c(C(F)(F)F)c2)CC1. The predicted molar refractivity (Wildman–Crippen MR) is 81.9 cm³/mol. The molecule has 1 aliphatic rings. The van der Waals surface area contributed by atoms with Crippen LogP contribution < -0.4 is 15.4 Å². The van der Waals surface area contributed by atoms with Crippen LogP contribution in [0, 0.1) is 0 Å². The van der Waals surface area contributed by atoms with Crippen molar-refractivity contribution in [1.82, 2.24) is 5.32 Å². The number of primary sulfonamides is 1. The molecule has 1 saturated heterocycles. The summed E-state index contributed by atoms with van der Waals surface area (Å²) in [6.45, 7) is 2.32. The normalized spacial score (nSPS) is 17.0. The second-order valence-corrected chi connectivity index (χ2v) is 7.21. The molecular weight excluding hydrogens is 347 g/mol. The molecule has 3 N–H and O–H groups in total. The van der Waals surface area contributed by atoms with Crippen LogP contribution in [0.3, 0.4) is 0 Å². The summed E-state index contributed by atoms with van der Waals surface area (Å²) in [7, 11) is -4.47. The summed E-state index contributed by atoms with van der Waals surface area (Å²) >= 11 is 0. The van der Waals surface area contributed by atoms with Gasteiger partial charge in [-0.25, -0.2) is 13.6 Å². The minimum absolute atomic E-state index is 0.00970. The van der Waals surface area contributed by atoms with Crippen LogP contribution in [0.2, 0.25) is 0 Å². The summed E-state index contributed by atoms with van der Waals surface area (Å²) in [6.07, 6.45) is -3.64. The maximum atomic E-state index is 13.1. The number of sulfonamides is 1. The Kier molecular flexibility index (Phi) is 5.09. The summed E-state index contributed by atoms with van der Waals surface area (Å²) < 4.78 is 62.2. The van der Waals surface area contributed by atoms with Crippen LogP contribution in [0.4, 0.5) is 18.9 Å². The highest BCUT2D eigenvalue weighted by Gasteiger charge is 2.37. The van der Waals surface area contributed by atoms with E-state index in [0.717, 1.165) is 12.1 Å². The molecule has 1 fully saturated rings. The number of amides is 1. The van der Waals surface area contributed by atoms with Crippen LogP contribution >= 0.6 is 0 Å². The molecule has 0 unspecified atom stereocenters. The van der Waals surface area contributed by atoms with Crippen LogP contribution in [-0.2, 0) is 21.0 Å². The number of anilines is 1. The molecule has 0 aromatic heterocycles. The number of halogens is 3. The number of hydrogen-bond acceptors (Lipinski definition) is 4. The van der Waals surface area contributed by atoms with Crippen molar-refractivity contribution >= 4 is 21.6 Å². The molecule has 1 aromatic rings. The summed E-state index contributed by atoms with van der Waals surface area (Å²) in [4.78, 5) is 11.8. The standard InChI is InChI=1S/C14H18F3N3O3S/c1-9(21)19-10-4-6-20(7-5-10)11-2-3-13(24(18,22)23)12(8-11)14(15,16)17/h2-3,8,10H,4-7H2,1H3,(H,19,21)(H2,18,22,23). The number of rotatable bonds is 3. The van der Waals surface area contributed by atoms with Crippen LogP contribution in [0.25, 0.3) is 0 Å². The molecule has 1 aliphatic heterocycles. The van der Waals surface area contributed by atoms with E-state index in [9.17, 15) is 26.4 Å². The number of nitrogens with one attached hydrogen (secondary N) is 1. The van der Waals surface area contributed by atoms with Crippen molar-refractivity contribution in [1.29, 1.82) is 0 Å². The third-order valence-electron chi connectivity index (χ3n) is 3.84. The van der Waals surface area contributed by atoms with Crippen molar-refractivity contribution in [3.05, 3.63) is 23.8 Å². The van der Waals surface area contributed by atoms with Crippen LogP contribution in [-0.4, -0.2) is 33.5 Å². The minimum Gasteiger partial charge on any atom is -0.371 e. The largest absolute Gasteiger partial charge is 0.417 e. The van der Waals surface area contributed by atoms with Gasteiger partial charge in [-0.2, -0.15) is 13.2 Å². The van der Waals surface area contributed by atoms with Crippen molar-refractivity contribution in [3.63, 3.8) is 0 Å². The Morgan fingerprint density at radius 1 is 1.29 bits per heavy atom. The summed E-state index contributed by atoms with van der Waals surface area (Å²) in [5, 5.41) is 7.64. The Hall–Kier alpha value is -1.81. The molecule has 134 valence electrons. The highest BCUT2D eigenvalue weighted by Crippen LogP contribution is 2.36. The zero-order valence-electron chi connectivity index (χ0n) is 12.9. The second kappa shape index (κ2) is 6.60. The molecule has 1 heterocycles. The molecule has 1 aromatic carbocycles. The lowest BCUT2D eigenvalue weighted by molar-refractivity contribution is -0.139. The quantitative estimate of drug-likeness (QED) is 0.848. The molecule has 2 rings (SSSR count). The van der Waals surface area contributed by atoms with Gasteiger partial charge in [0.15, 0.2) is 0 Å². The molecule has 1 amide bonds. The first-order valence-corrected chi connectivity index (χ1v) is 8.79. The maximum Gasteiger partial charge on any atom is 0.417 e. The van der Waals surface area contributed by atoms with Gasteiger partial charge in [0.25, 0.3) is 0 Å². The molecule has 10 heteroatoms. The molecule has 0 bridgehead atoms. The maximum absolute atomic E-state index is 13.1. The molecule has 24 heavy (non-hydrogen) atoms. The highest BCUT2D eigenvalue weighted by atomic mass is 32.2. The van der Waals surface area contributed by atoms with Gasteiger partial charge >= 0.3 is 6.18 Å². The van der Waals surface area contributed by atoms with Crippen molar-refractivity contribution < 1.29 is 26.4 Å². The number of nitrogens with zero attached hydrogens (tertiary/aromatic N) is 1. The first kappa shape index (κ1) is 18.5. The Labute approximate surface area is 137 Å². The van der Waals surface area contributed by atoms with Crippen molar-refractivity contribution in [2.24, 2.45) is 5.14 Å². The number of benzene rings is 1. The van der Waals surface area contributed by atoms with E-state index < -0.39 is 26.7 Å². The average molecular weight is 365 g/mol. The van der Waals surface area contributed by atoms with Gasteiger partial charge in [-0.15, -0.1) is 0 Å². The fourth-order valence-corrected chi connectivity index (χ4v) is 3.49. The summed E-state index contributed by atoms with van der Waals surface area (Å²) in [6, 6.07) is 2.99.